The predicted octanol–water partition coefficient (Wildman–Crippen LogP) is 0.459. The Morgan fingerprint density at radius 2 is 2.25 bits per heavy atom. The number of fused-ring (bicyclic) bond motifs is 3. The fourth-order valence-corrected chi connectivity index (χ4v) is 1.75. The maximum absolute atomic E-state index is 12.0. The molecule has 0 N–H and O–H groups in total. The zero-order chi connectivity index (χ0) is 11.1. The minimum absolute atomic E-state index is 0.0510. The molecule has 0 saturated heterocycles. The number of rotatable bonds is 1. The highest BCUT2D eigenvalue weighted by Gasteiger charge is 2.07. The number of pyridine rings is 1. The lowest BCUT2D eigenvalue weighted by Gasteiger charge is -2.04. The van der Waals surface area contributed by atoms with Crippen molar-refractivity contribution in [3.05, 3.63) is 35.1 Å². The Morgan fingerprint density at radius 1 is 1.38 bits per heavy atom. The average Bonchev–Trinajstić information content (AvgIpc) is 2.77. The number of aromatic nitrogens is 5. The molecule has 0 atom stereocenters. The Balaban J connectivity index is 2.55. The summed E-state index contributed by atoms with van der Waals surface area (Å²) in [4.78, 5) is 20.0. The molecule has 0 aliphatic heterocycles. The molecule has 0 bridgehead atoms. The summed E-state index contributed by atoms with van der Waals surface area (Å²) >= 11 is 0. The van der Waals surface area contributed by atoms with Crippen LogP contribution in [0.4, 0.5) is 0 Å². The highest BCUT2D eigenvalue weighted by molar-refractivity contribution is 5.78. The van der Waals surface area contributed by atoms with Gasteiger partial charge in [0.05, 0.1) is 10.9 Å². The largest absolute Gasteiger partial charge is 0.315 e. The van der Waals surface area contributed by atoms with E-state index < -0.39 is 0 Å². The second kappa shape index (κ2) is 3.13. The van der Waals surface area contributed by atoms with Gasteiger partial charge in [-0.25, -0.2) is 4.98 Å². The van der Waals surface area contributed by atoms with Crippen LogP contribution in [-0.4, -0.2) is 24.1 Å². The molecule has 0 aromatic carbocycles. The Bertz CT molecular complexity index is 727. The van der Waals surface area contributed by atoms with Crippen LogP contribution in [0.5, 0.6) is 0 Å². The maximum atomic E-state index is 12.0. The van der Waals surface area contributed by atoms with Crippen LogP contribution in [0.15, 0.2) is 29.6 Å². The molecule has 6 nitrogen and oxygen atoms in total. The topological polar surface area (TPSA) is 65.1 Å². The highest BCUT2D eigenvalue weighted by atomic mass is 16.1. The second-order valence-electron chi connectivity index (χ2n) is 3.44. The normalized spacial score (nSPS) is 11.3. The smallest absolute Gasteiger partial charge is 0.261 e. The quantitative estimate of drug-likeness (QED) is 0.591. The van der Waals surface area contributed by atoms with Crippen molar-refractivity contribution in [1.82, 2.24) is 24.1 Å². The van der Waals surface area contributed by atoms with Crippen LogP contribution in [0.2, 0.25) is 0 Å². The van der Waals surface area contributed by atoms with Gasteiger partial charge in [-0.2, -0.15) is 14.6 Å². The summed E-state index contributed by atoms with van der Waals surface area (Å²) in [5, 5.41) is 4.60. The highest BCUT2D eigenvalue weighted by Crippen LogP contribution is 2.08. The first-order valence-corrected chi connectivity index (χ1v) is 4.99. The molecule has 0 spiro atoms. The number of aryl methyl sites for hydroxylation is 1. The molecule has 3 heterocycles. The van der Waals surface area contributed by atoms with Gasteiger partial charge in [-0.05, 0) is 13.0 Å². The van der Waals surface area contributed by atoms with Crippen molar-refractivity contribution in [3.8, 4) is 0 Å². The van der Waals surface area contributed by atoms with Gasteiger partial charge in [0.1, 0.15) is 6.33 Å². The molecule has 6 heteroatoms. The van der Waals surface area contributed by atoms with E-state index in [1.807, 2.05) is 13.0 Å². The van der Waals surface area contributed by atoms with Gasteiger partial charge >= 0.3 is 0 Å². The van der Waals surface area contributed by atoms with E-state index in [0.29, 0.717) is 17.7 Å². The third-order valence-corrected chi connectivity index (χ3v) is 2.59. The Labute approximate surface area is 90.2 Å². The van der Waals surface area contributed by atoms with E-state index >= 15 is 0 Å². The van der Waals surface area contributed by atoms with Gasteiger partial charge in [0.2, 0.25) is 0 Å². The summed E-state index contributed by atoms with van der Waals surface area (Å²) in [5.41, 5.74) is 0.683. The third-order valence-electron chi connectivity index (χ3n) is 2.59. The molecule has 3 rings (SSSR count). The van der Waals surface area contributed by atoms with Crippen molar-refractivity contribution in [2.24, 2.45) is 0 Å². The van der Waals surface area contributed by atoms with Gasteiger partial charge in [-0.1, -0.05) is 0 Å². The van der Waals surface area contributed by atoms with E-state index in [1.54, 1.807) is 21.5 Å². The van der Waals surface area contributed by atoms with Crippen LogP contribution in [0.25, 0.3) is 16.7 Å². The summed E-state index contributed by atoms with van der Waals surface area (Å²) in [5.74, 6) is 0.501. The molecule has 3 aromatic heterocycles. The molecular weight excluding hydrogens is 206 g/mol. The van der Waals surface area contributed by atoms with Crippen molar-refractivity contribution < 1.29 is 0 Å². The van der Waals surface area contributed by atoms with Crippen molar-refractivity contribution >= 4 is 16.7 Å². The summed E-state index contributed by atoms with van der Waals surface area (Å²) in [6.07, 6.45) is 4.73. The zero-order valence-electron chi connectivity index (χ0n) is 8.66. The molecule has 0 aliphatic carbocycles. The molecule has 80 valence electrons. The summed E-state index contributed by atoms with van der Waals surface area (Å²) in [7, 11) is 0. The van der Waals surface area contributed by atoms with Crippen LogP contribution < -0.4 is 5.56 Å². The molecule has 0 fully saturated rings. The molecule has 0 amide bonds. The van der Waals surface area contributed by atoms with Gasteiger partial charge in [0.15, 0.2) is 0 Å². The molecule has 16 heavy (non-hydrogen) atoms. The summed E-state index contributed by atoms with van der Waals surface area (Å²) in [6, 6.07) is 1.85. The number of nitrogens with zero attached hydrogens (tertiary/aromatic N) is 5. The predicted molar refractivity (Wildman–Crippen MR) is 58.2 cm³/mol. The van der Waals surface area contributed by atoms with E-state index in [9.17, 15) is 4.79 Å². The summed E-state index contributed by atoms with van der Waals surface area (Å²) in [6.45, 7) is 2.57. The molecule has 0 saturated carbocycles. The van der Waals surface area contributed by atoms with Gasteiger partial charge < -0.3 is 4.57 Å². The SMILES string of the molecule is CCn1ccc2c(cnc3ncnn32)c1=O. The monoisotopic (exact) mass is 215 g/mol. The minimum atomic E-state index is -0.0510. The van der Waals surface area contributed by atoms with Crippen LogP contribution in [0.3, 0.4) is 0 Å². The van der Waals surface area contributed by atoms with Crippen LogP contribution >= 0.6 is 0 Å². The Morgan fingerprint density at radius 3 is 3.06 bits per heavy atom. The van der Waals surface area contributed by atoms with Crippen LogP contribution in [0.1, 0.15) is 6.92 Å². The average molecular weight is 215 g/mol. The molecule has 0 radical (unpaired) electrons. The van der Waals surface area contributed by atoms with E-state index in [1.165, 1.54) is 6.33 Å². The van der Waals surface area contributed by atoms with E-state index in [2.05, 4.69) is 15.1 Å². The van der Waals surface area contributed by atoms with Crippen molar-refractivity contribution in [3.63, 3.8) is 0 Å². The Kier molecular flexibility index (Phi) is 1.76. The molecular formula is C10H9N5O. The molecule has 0 unspecified atom stereocenters. The first-order valence-electron chi connectivity index (χ1n) is 4.99. The zero-order valence-corrected chi connectivity index (χ0v) is 8.66. The number of hydrogen-bond acceptors (Lipinski definition) is 4. The fourth-order valence-electron chi connectivity index (χ4n) is 1.75. The van der Waals surface area contributed by atoms with E-state index in [-0.39, 0.29) is 5.56 Å². The first-order chi connectivity index (χ1) is 7.81. The number of hydrogen-bond donors (Lipinski definition) is 0. The maximum Gasteiger partial charge on any atom is 0.261 e. The van der Waals surface area contributed by atoms with Gasteiger partial charge in [-0.15, -0.1) is 0 Å². The first kappa shape index (κ1) is 9.02. The van der Waals surface area contributed by atoms with Crippen molar-refractivity contribution in [1.29, 1.82) is 0 Å². The minimum Gasteiger partial charge on any atom is -0.315 e. The van der Waals surface area contributed by atoms with Crippen LogP contribution in [0, 0.1) is 0 Å². The standard InChI is InChI=1S/C10H9N5O/c1-2-14-4-3-8-7(9(14)16)5-11-10-12-6-13-15(8)10/h3-6H,2H2,1H3. The molecule has 3 aromatic rings. The van der Waals surface area contributed by atoms with Crippen molar-refractivity contribution in [2.45, 2.75) is 13.5 Å². The fraction of sp³-hybridized carbons (Fsp3) is 0.200. The lowest BCUT2D eigenvalue weighted by atomic mass is 10.3. The van der Waals surface area contributed by atoms with Gasteiger partial charge in [0, 0.05) is 18.9 Å². The lowest BCUT2D eigenvalue weighted by Crippen LogP contribution is -2.19. The van der Waals surface area contributed by atoms with E-state index in [0.717, 1.165) is 5.52 Å². The summed E-state index contributed by atoms with van der Waals surface area (Å²) < 4.78 is 3.20. The van der Waals surface area contributed by atoms with Gasteiger partial charge in [-0.3, -0.25) is 4.79 Å². The Hall–Kier alpha value is -2.24. The third kappa shape index (κ3) is 1.06. The molecule has 0 aliphatic rings. The van der Waals surface area contributed by atoms with Gasteiger partial charge in [0.25, 0.3) is 11.3 Å². The van der Waals surface area contributed by atoms with Crippen molar-refractivity contribution in [2.75, 3.05) is 0 Å². The second-order valence-corrected chi connectivity index (χ2v) is 3.44. The van der Waals surface area contributed by atoms with E-state index in [4.69, 9.17) is 0 Å². The lowest BCUT2D eigenvalue weighted by molar-refractivity contribution is 0.733. The van der Waals surface area contributed by atoms with Crippen LogP contribution in [-0.2, 0) is 6.54 Å².